The van der Waals surface area contributed by atoms with Crippen molar-refractivity contribution in [3.63, 3.8) is 0 Å². The molecule has 0 amide bonds. The molecule has 1 heterocycles. The van der Waals surface area contributed by atoms with E-state index < -0.39 is 0 Å². The number of aryl methyl sites for hydroxylation is 1. The monoisotopic (exact) mass is 301 g/mol. The Hall–Kier alpha value is -1.30. The Morgan fingerprint density at radius 1 is 1.32 bits per heavy atom. The minimum absolute atomic E-state index is 0.153. The smallest absolute Gasteiger partial charge is 0.253 e. The molecule has 0 fully saturated rings. The predicted molar refractivity (Wildman–Crippen MR) is 72.6 cm³/mol. The van der Waals surface area contributed by atoms with Crippen molar-refractivity contribution in [1.82, 2.24) is 10.2 Å². The molecule has 0 spiro atoms. The molecule has 0 unspecified atom stereocenters. The lowest BCUT2D eigenvalue weighted by atomic mass is 10.1. The van der Waals surface area contributed by atoms with Crippen molar-refractivity contribution in [2.45, 2.75) is 20.0 Å². The van der Waals surface area contributed by atoms with Gasteiger partial charge in [0.1, 0.15) is 5.75 Å². The largest absolute Gasteiger partial charge is 0.482 e. The van der Waals surface area contributed by atoms with E-state index in [1.807, 2.05) is 0 Å². The van der Waals surface area contributed by atoms with Crippen molar-refractivity contribution in [3.8, 4) is 5.75 Å². The predicted octanol–water partition coefficient (Wildman–Crippen LogP) is 2.77. The van der Waals surface area contributed by atoms with Gasteiger partial charge in [0.25, 0.3) is 5.89 Å². The zero-order valence-electron chi connectivity index (χ0n) is 10.3. The molecule has 2 N–H and O–H groups in total. The fourth-order valence-electron chi connectivity index (χ4n) is 1.65. The lowest BCUT2D eigenvalue weighted by molar-refractivity contribution is 0.258. The van der Waals surface area contributed by atoms with Crippen LogP contribution < -0.4 is 10.5 Å². The molecule has 0 atom stereocenters. The van der Waals surface area contributed by atoms with Gasteiger partial charge in [-0.25, -0.2) is 0 Å². The molecular weight excluding hydrogens is 289 g/mol. The molecule has 7 heteroatoms. The zero-order chi connectivity index (χ0) is 13.8. The summed E-state index contributed by atoms with van der Waals surface area (Å²) < 4.78 is 10.9. The van der Waals surface area contributed by atoms with Gasteiger partial charge in [0.05, 0.1) is 5.02 Å². The third-order valence-electron chi connectivity index (χ3n) is 2.41. The Bertz CT molecular complexity index is 572. The first-order valence-corrected chi connectivity index (χ1v) is 6.45. The first-order valence-electron chi connectivity index (χ1n) is 5.70. The van der Waals surface area contributed by atoms with Crippen molar-refractivity contribution in [1.29, 1.82) is 0 Å². The minimum Gasteiger partial charge on any atom is -0.482 e. The second-order valence-corrected chi connectivity index (χ2v) is 4.76. The van der Waals surface area contributed by atoms with Crippen LogP contribution in [0.3, 0.4) is 0 Å². The van der Waals surface area contributed by atoms with Gasteiger partial charge < -0.3 is 14.9 Å². The maximum absolute atomic E-state index is 6.12. The highest BCUT2D eigenvalue weighted by Gasteiger charge is 2.12. The van der Waals surface area contributed by atoms with E-state index in [1.54, 1.807) is 19.1 Å². The summed E-state index contributed by atoms with van der Waals surface area (Å²) in [6.45, 7) is 2.35. The number of nitrogens with zero attached hydrogens (tertiary/aromatic N) is 2. The van der Waals surface area contributed by atoms with E-state index in [1.165, 1.54) is 0 Å². The van der Waals surface area contributed by atoms with Gasteiger partial charge in [-0.2, -0.15) is 0 Å². The third kappa shape index (κ3) is 3.59. The molecular formula is C12H13Cl2N3O2. The average Bonchev–Trinajstić information content (AvgIpc) is 2.74. The van der Waals surface area contributed by atoms with Crippen LogP contribution in [0.25, 0.3) is 0 Å². The summed E-state index contributed by atoms with van der Waals surface area (Å²) in [5.41, 5.74) is 6.42. The molecule has 5 nitrogen and oxygen atoms in total. The van der Waals surface area contributed by atoms with Crippen molar-refractivity contribution in [3.05, 3.63) is 39.5 Å². The van der Waals surface area contributed by atoms with Crippen LogP contribution in [0.15, 0.2) is 16.5 Å². The number of hydrogen-bond donors (Lipinski definition) is 1. The van der Waals surface area contributed by atoms with Crippen molar-refractivity contribution >= 4 is 23.2 Å². The summed E-state index contributed by atoms with van der Waals surface area (Å²) in [5.74, 6) is 1.43. The van der Waals surface area contributed by atoms with E-state index in [2.05, 4.69) is 10.2 Å². The van der Waals surface area contributed by atoms with E-state index in [4.69, 9.17) is 38.1 Å². The molecule has 2 aromatic rings. The summed E-state index contributed by atoms with van der Waals surface area (Å²) in [5, 5.41) is 8.56. The highest BCUT2D eigenvalue weighted by atomic mass is 35.5. The van der Waals surface area contributed by atoms with Gasteiger partial charge in [-0.05, 0) is 30.7 Å². The van der Waals surface area contributed by atoms with Crippen LogP contribution in [0.5, 0.6) is 5.75 Å². The summed E-state index contributed by atoms with van der Waals surface area (Å²) >= 11 is 12.1. The van der Waals surface area contributed by atoms with Gasteiger partial charge in [-0.1, -0.05) is 23.2 Å². The van der Waals surface area contributed by atoms with E-state index in [0.29, 0.717) is 40.5 Å². The van der Waals surface area contributed by atoms with E-state index in [-0.39, 0.29) is 6.61 Å². The Morgan fingerprint density at radius 3 is 2.74 bits per heavy atom. The molecule has 0 saturated carbocycles. The summed E-state index contributed by atoms with van der Waals surface area (Å²) in [6, 6.07) is 3.41. The highest BCUT2D eigenvalue weighted by molar-refractivity contribution is 6.35. The standard InChI is InChI=1S/C12H13Cl2N3O2/c1-7-16-17-11(19-7)6-18-12-8(2-3-15)4-9(13)5-10(12)14/h4-5H,2-3,6,15H2,1H3. The molecule has 1 aromatic heterocycles. The van der Waals surface area contributed by atoms with Crippen LogP contribution in [-0.4, -0.2) is 16.7 Å². The minimum atomic E-state index is 0.153. The van der Waals surface area contributed by atoms with E-state index in [9.17, 15) is 0 Å². The third-order valence-corrected chi connectivity index (χ3v) is 2.91. The van der Waals surface area contributed by atoms with Gasteiger partial charge in [-0.3, -0.25) is 0 Å². The Morgan fingerprint density at radius 2 is 2.11 bits per heavy atom. The number of benzene rings is 1. The van der Waals surface area contributed by atoms with Crippen LogP contribution in [0.2, 0.25) is 10.0 Å². The van der Waals surface area contributed by atoms with Crippen LogP contribution >= 0.6 is 23.2 Å². The fourth-order valence-corrected chi connectivity index (χ4v) is 2.24. The maximum atomic E-state index is 6.12. The normalized spacial score (nSPS) is 10.7. The van der Waals surface area contributed by atoms with Gasteiger partial charge in [-0.15, -0.1) is 10.2 Å². The summed E-state index contributed by atoms with van der Waals surface area (Å²) in [4.78, 5) is 0. The number of halogens is 2. The van der Waals surface area contributed by atoms with Gasteiger partial charge in [0, 0.05) is 11.9 Å². The molecule has 19 heavy (non-hydrogen) atoms. The number of aromatic nitrogens is 2. The molecule has 0 aliphatic carbocycles. The molecule has 1 aromatic carbocycles. The van der Waals surface area contributed by atoms with Crippen molar-refractivity contribution in [2.24, 2.45) is 5.73 Å². The van der Waals surface area contributed by atoms with Gasteiger partial charge in [0.15, 0.2) is 6.61 Å². The zero-order valence-corrected chi connectivity index (χ0v) is 11.8. The molecule has 2 rings (SSSR count). The molecule has 0 aliphatic rings. The maximum Gasteiger partial charge on any atom is 0.253 e. The van der Waals surface area contributed by atoms with Gasteiger partial charge >= 0.3 is 0 Å². The molecule has 0 saturated heterocycles. The van der Waals surface area contributed by atoms with Crippen LogP contribution in [0.4, 0.5) is 0 Å². The fraction of sp³-hybridized carbons (Fsp3) is 0.333. The molecule has 0 aliphatic heterocycles. The first-order chi connectivity index (χ1) is 9.10. The second-order valence-electron chi connectivity index (χ2n) is 3.92. The Labute approximate surface area is 120 Å². The quantitative estimate of drug-likeness (QED) is 0.919. The first kappa shape index (κ1) is 14.1. The number of nitrogens with two attached hydrogens (primary N) is 1. The number of rotatable bonds is 5. The number of hydrogen-bond acceptors (Lipinski definition) is 5. The lowest BCUT2D eigenvalue weighted by Crippen LogP contribution is -2.06. The SMILES string of the molecule is Cc1nnc(COc2c(Cl)cc(Cl)cc2CCN)o1. The summed E-state index contributed by atoms with van der Waals surface area (Å²) in [7, 11) is 0. The van der Waals surface area contributed by atoms with Crippen LogP contribution in [0, 0.1) is 6.92 Å². The van der Waals surface area contributed by atoms with Crippen LogP contribution in [0.1, 0.15) is 17.3 Å². The van der Waals surface area contributed by atoms with Crippen molar-refractivity contribution < 1.29 is 9.15 Å². The number of ether oxygens (including phenoxy) is 1. The Kier molecular flexibility index (Phi) is 4.63. The van der Waals surface area contributed by atoms with Crippen LogP contribution in [-0.2, 0) is 13.0 Å². The van der Waals surface area contributed by atoms with Crippen molar-refractivity contribution in [2.75, 3.05) is 6.54 Å². The molecule has 0 radical (unpaired) electrons. The molecule has 102 valence electrons. The topological polar surface area (TPSA) is 74.2 Å². The van der Waals surface area contributed by atoms with E-state index in [0.717, 1.165) is 5.56 Å². The van der Waals surface area contributed by atoms with Gasteiger partial charge in [0.2, 0.25) is 5.89 Å². The highest BCUT2D eigenvalue weighted by Crippen LogP contribution is 2.33. The molecule has 0 bridgehead atoms. The van der Waals surface area contributed by atoms with E-state index >= 15 is 0 Å². The second kappa shape index (κ2) is 6.23. The summed E-state index contributed by atoms with van der Waals surface area (Å²) in [6.07, 6.45) is 0.623. The average molecular weight is 302 g/mol. The lowest BCUT2D eigenvalue weighted by Gasteiger charge is -2.12. The Balaban J connectivity index is 2.18.